The molecule has 0 saturated carbocycles. The molecule has 1 nitrogen and oxygen atoms in total. The van der Waals surface area contributed by atoms with Crippen LogP contribution in [0.15, 0.2) is 30.8 Å². The number of benzene rings is 1. The van der Waals surface area contributed by atoms with Gasteiger partial charge in [-0.3, -0.25) is 0 Å². The lowest BCUT2D eigenvalue weighted by atomic mass is 10.1. The molecule has 70 valence electrons. The van der Waals surface area contributed by atoms with Crippen molar-refractivity contribution in [1.82, 2.24) is 0 Å². The van der Waals surface area contributed by atoms with Crippen molar-refractivity contribution in [3.8, 4) is 0 Å². The van der Waals surface area contributed by atoms with Gasteiger partial charge in [0, 0.05) is 19.3 Å². The molecular formula is C12H17N. The van der Waals surface area contributed by atoms with E-state index in [2.05, 4.69) is 49.7 Å². The van der Waals surface area contributed by atoms with E-state index in [9.17, 15) is 0 Å². The van der Waals surface area contributed by atoms with E-state index in [1.165, 1.54) is 11.3 Å². The number of hydrogen-bond acceptors (Lipinski definition) is 1. The van der Waals surface area contributed by atoms with E-state index < -0.39 is 0 Å². The average Bonchev–Trinajstić information content (AvgIpc) is 2.17. The fourth-order valence-electron chi connectivity index (χ4n) is 1.19. The second-order valence-corrected chi connectivity index (χ2v) is 3.34. The molecule has 1 aromatic rings. The van der Waals surface area contributed by atoms with Crippen molar-refractivity contribution in [2.24, 2.45) is 0 Å². The fourth-order valence-corrected chi connectivity index (χ4v) is 1.19. The van der Waals surface area contributed by atoms with E-state index in [-0.39, 0.29) is 0 Å². The van der Waals surface area contributed by atoms with Crippen molar-refractivity contribution in [1.29, 1.82) is 0 Å². The molecule has 0 saturated heterocycles. The first-order valence-corrected chi connectivity index (χ1v) is 4.62. The molecule has 0 unspecified atom stereocenters. The summed E-state index contributed by atoms with van der Waals surface area (Å²) in [5.41, 5.74) is 3.59. The standard InChI is InChI=1S/C12H17N/c1-5-13(4)12-8-6-7-11(9-12)10(2)3/h6-9H,2,5H2,1,3-4H3. The van der Waals surface area contributed by atoms with Gasteiger partial charge in [-0.05, 0) is 31.5 Å². The second-order valence-electron chi connectivity index (χ2n) is 3.34. The van der Waals surface area contributed by atoms with E-state index in [0.717, 1.165) is 12.1 Å². The van der Waals surface area contributed by atoms with Crippen molar-refractivity contribution >= 4 is 11.3 Å². The minimum Gasteiger partial charge on any atom is -0.375 e. The van der Waals surface area contributed by atoms with Crippen LogP contribution in [0.4, 0.5) is 5.69 Å². The van der Waals surface area contributed by atoms with E-state index in [0.29, 0.717) is 0 Å². The minimum absolute atomic E-state index is 1.03. The van der Waals surface area contributed by atoms with Gasteiger partial charge in [0.25, 0.3) is 0 Å². The zero-order chi connectivity index (χ0) is 9.84. The maximum atomic E-state index is 3.93. The Bertz CT molecular complexity index is 302. The highest BCUT2D eigenvalue weighted by atomic mass is 15.1. The Morgan fingerprint density at radius 2 is 2.15 bits per heavy atom. The SMILES string of the molecule is C=C(C)c1cccc(N(C)CC)c1. The largest absolute Gasteiger partial charge is 0.375 e. The maximum absolute atomic E-state index is 3.93. The Morgan fingerprint density at radius 3 is 2.69 bits per heavy atom. The Kier molecular flexibility index (Phi) is 3.13. The van der Waals surface area contributed by atoms with Crippen molar-refractivity contribution in [2.75, 3.05) is 18.5 Å². The molecule has 0 aromatic heterocycles. The van der Waals surface area contributed by atoms with Crippen molar-refractivity contribution < 1.29 is 0 Å². The van der Waals surface area contributed by atoms with Gasteiger partial charge in [0.1, 0.15) is 0 Å². The van der Waals surface area contributed by atoms with Gasteiger partial charge in [0.05, 0.1) is 0 Å². The van der Waals surface area contributed by atoms with Gasteiger partial charge in [-0.2, -0.15) is 0 Å². The molecule has 1 rings (SSSR count). The Morgan fingerprint density at radius 1 is 1.46 bits per heavy atom. The lowest BCUT2D eigenvalue weighted by Gasteiger charge is -2.17. The zero-order valence-corrected chi connectivity index (χ0v) is 8.67. The molecule has 0 bridgehead atoms. The summed E-state index contributed by atoms with van der Waals surface area (Å²) < 4.78 is 0. The third-order valence-electron chi connectivity index (χ3n) is 2.25. The van der Waals surface area contributed by atoms with Gasteiger partial charge >= 0.3 is 0 Å². The Hall–Kier alpha value is -1.24. The molecule has 0 aliphatic rings. The predicted molar refractivity (Wildman–Crippen MR) is 60.1 cm³/mol. The molecule has 0 N–H and O–H groups in total. The molecule has 0 radical (unpaired) electrons. The summed E-state index contributed by atoms with van der Waals surface area (Å²) in [4.78, 5) is 2.21. The first kappa shape index (κ1) is 9.85. The lowest BCUT2D eigenvalue weighted by molar-refractivity contribution is 0.968. The second kappa shape index (κ2) is 4.13. The first-order valence-electron chi connectivity index (χ1n) is 4.62. The van der Waals surface area contributed by atoms with E-state index in [1.807, 2.05) is 6.92 Å². The van der Waals surface area contributed by atoms with Gasteiger partial charge in [0.2, 0.25) is 0 Å². The van der Waals surface area contributed by atoms with E-state index in [4.69, 9.17) is 0 Å². The Balaban J connectivity index is 2.98. The zero-order valence-electron chi connectivity index (χ0n) is 8.67. The van der Waals surface area contributed by atoms with E-state index >= 15 is 0 Å². The fraction of sp³-hybridized carbons (Fsp3) is 0.333. The lowest BCUT2D eigenvalue weighted by Crippen LogP contribution is -2.15. The van der Waals surface area contributed by atoms with Gasteiger partial charge in [-0.15, -0.1) is 0 Å². The summed E-state index contributed by atoms with van der Waals surface area (Å²) in [6, 6.07) is 8.46. The predicted octanol–water partition coefficient (Wildman–Crippen LogP) is 3.18. The number of allylic oxidation sites excluding steroid dienone is 1. The Labute approximate surface area is 80.7 Å². The summed E-state index contributed by atoms with van der Waals surface area (Å²) >= 11 is 0. The molecule has 0 fully saturated rings. The first-order chi connectivity index (χ1) is 6.15. The average molecular weight is 175 g/mol. The van der Waals surface area contributed by atoms with Gasteiger partial charge in [-0.25, -0.2) is 0 Å². The van der Waals surface area contributed by atoms with Crippen LogP contribution in [-0.4, -0.2) is 13.6 Å². The van der Waals surface area contributed by atoms with Crippen molar-refractivity contribution in [3.05, 3.63) is 36.4 Å². The topological polar surface area (TPSA) is 3.24 Å². The molecular weight excluding hydrogens is 158 g/mol. The third kappa shape index (κ3) is 2.35. The molecule has 0 spiro atoms. The number of hydrogen-bond donors (Lipinski definition) is 0. The quantitative estimate of drug-likeness (QED) is 0.682. The van der Waals surface area contributed by atoms with Crippen LogP contribution in [0.25, 0.3) is 5.57 Å². The molecule has 13 heavy (non-hydrogen) atoms. The highest BCUT2D eigenvalue weighted by molar-refractivity contribution is 5.65. The van der Waals surface area contributed by atoms with Gasteiger partial charge < -0.3 is 4.90 Å². The van der Waals surface area contributed by atoms with Gasteiger partial charge in [-0.1, -0.05) is 24.3 Å². The highest BCUT2D eigenvalue weighted by Gasteiger charge is 1.99. The highest BCUT2D eigenvalue weighted by Crippen LogP contribution is 2.18. The molecule has 0 atom stereocenters. The molecule has 1 heteroatoms. The third-order valence-corrected chi connectivity index (χ3v) is 2.25. The molecule has 0 heterocycles. The summed E-state index contributed by atoms with van der Waals surface area (Å²) in [7, 11) is 2.09. The number of nitrogens with zero attached hydrogens (tertiary/aromatic N) is 1. The van der Waals surface area contributed by atoms with Crippen LogP contribution >= 0.6 is 0 Å². The molecule has 0 amide bonds. The summed E-state index contributed by atoms with van der Waals surface area (Å²) in [5, 5.41) is 0. The number of rotatable bonds is 3. The van der Waals surface area contributed by atoms with Crippen molar-refractivity contribution in [2.45, 2.75) is 13.8 Å². The van der Waals surface area contributed by atoms with Crippen LogP contribution in [0.5, 0.6) is 0 Å². The summed E-state index contributed by atoms with van der Waals surface area (Å²) in [5.74, 6) is 0. The van der Waals surface area contributed by atoms with Gasteiger partial charge in [0.15, 0.2) is 0 Å². The van der Waals surface area contributed by atoms with Crippen LogP contribution < -0.4 is 4.90 Å². The van der Waals surface area contributed by atoms with E-state index in [1.54, 1.807) is 0 Å². The van der Waals surface area contributed by atoms with Crippen LogP contribution in [0, 0.1) is 0 Å². The smallest absolute Gasteiger partial charge is 0.0369 e. The minimum atomic E-state index is 1.03. The number of anilines is 1. The molecule has 1 aromatic carbocycles. The van der Waals surface area contributed by atoms with Crippen molar-refractivity contribution in [3.63, 3.8) is 0 Å². The van der Waals surface area contributed by atoms with Crippen LogP contribution in [0.3, 0.4) is 0 Å². The van der Waals surface area contributed by atoms with Crippen LogP contribution in [0.1, 0.15) is 19.4 Å². The van der Waals surface area contributed by atoms with Crippen LogP contribution in [-0.2, 0) is 0 Å². The summed E-state index contributed by atoms with van der Waals surface area (Å²) in [6.45, 7) is 9.14. The maximum Gasteiger partial charge on any atom is 0.0369 e. The monoisotopic (exact) mass is 175 g/mol. The summed E-state index contributed by atoms with van der Waals surface area (Å²) in [6.07, 6.45) is 0. The van der Waals surface area contributed by atoms with Crippen LogP contribution in [0.2, 0.25) is 0 Å². The normalized spacial score (nSPS) is 9.77. The molecule has 0 aliphatic carbocycles. The molecule has 0 aliphatic heterocycles.